The monoisotopic (exact) mass is 451 g/mol. The van der Waals surface area contributed by atoms with E-state index in [9.17, 15) is 9.59 Å². The molecule has 0 saturated carbocycles. The zero-order valence-electron chi connectivity index (χ0n) is 19.0. The number of benzene rings is 3. The van der Waals surface area contributed by atoms with Crippen LogP contribution in [-0.4, -0.2) is 34.4 Å². The molecule has 0 atom stereocenters. The second-order valence-electron chi connectivity index (χ2n) is 7.92. The highest BCUT2D eigenvalue weighted by Crippen LogP contribution is 2.23. The number of hydrogen-bond donors (Lipinski definition) is 2. The van der Waals surface area contributed by atoms with E-state index >= 15 is 0 Å². The lowest BCUT2D eigenvalue weighted by Crippen LogP contribution is -2.34. The van der Waals surface area contributed by atoms with Crippen LogP contribution < -0.4 is 10.7 Å². The standard InChI is InChI=1S/C27H25N5O2/c1-19-8-12-21(13-9-19)26-23(18-32(31-26)24-6-4-3-5-7-24)16-29-30-25(33)17-28-27(34)22-14-10-20(2)11-15-22/h3-16,18H,17H2,1-2H3,(H,28,34)(H,30,33)/b29-16+. The average Bonchev–Trinajstić information content (AvgIpc) is 3.28. The minimum Gasteiger partial charge on any atom is -0.343 e. The van der Waals surface area contributed by atoms with E-state index in [1.165, 1.54) is 0 Å². The summed E-state index contributed by atoms with van der Waals surface area (Å²) in [5.41, 5.74) is 8.52. The smallest absolute Gasteiger partial charge is 0.259 e. The van der Waals surface area contributed by atoms with Gasteiger partial charge in [-0.2, -0.15) is 10.2 Å². The topological polar surface area (TPSA) is 88.4 Å². The quantitative estimate of drug-likeness (QED) is 0.328. The van der Waals surface area contributed by atoms with Gasteiger partial charge in [0.2, 0.25) is 0 Å². The van der Waals surface area contributed by atoms with Gasteiger partial charge in [-0.3, -0.25) is 9.59 Å². The molecule has 0 fully saturated rings. The average molecular weight is 452 g/mol. The van der Waals surface area contributed by atoms with Gasteiger partial charge < -0.3 is 5.32 Å². The van der Waals surface area contributed by atoms with Crippen molar-refractivity contribution < 1.29 is 9.59 Å². The Bertz CT molecular complexity index is 1310. The normalized spacial score (nSPS) is 10.9. The number of hydrogen-bond acceptors (Lipinski definition) is 4. The maximum absolute atomic E-state index is 12.2. The summed E-state index contributed by atoms with van der Waals surface area (Å²) in [6.45, 7) is 3.79. The Morgan fingerprint density at radius 2 is 1.56 bits per heavy atom. The minimum atomic E-state index is -0.427. The van der Waals surface area contributed by atoms with E-state index in [4.69, 9.17) is 5.10 Å². The highest BCUT2D eigenvalue weighted by Gasteiger charge is 2.12. The fourth-order valence-electron chi connectivity index (χ4n) is 3.31. The zero-order chi connectivity index (χ0) is 23.9. The number of hydrazone groups is 1. The van der Waals surface area contributed by atoms with Crippen LogP contribution in [0.1, 0.15) is 27.0 Å². The van der Waals surface area contributed by atoms with Crippen LogP contribution in [0.2, 0.25) is 0 Å². The highest BCUT2D eigenvalue weighted by molar-refractivity contribution is 5.96. The fraction of sp³-hybridized carbons (Fsp3) is 0.111. The van der Waals surface area contributed by atoms with Crippen molar-refractivity contribution in [3.05, 3.63) is 107 Å². The van der Waals surface area contributed by atoms with Gasteiger partial charge in [-0.1, -0.05) is 65.7 Å². The van der Waals surface area contributed by atoms with Crippen LogP contribution in [0.25, 0.3) is 16.9 Å². The first-order chi connectivity index (χ1) is 16.5. The number of amides is 2. The summed E-state index contributed by atoms with van der Waals surface area (Å²) in [5, 5.41) is 11.4. The molecule has 1 aromatic heterocycles. The third-order valence-electron chi connectivity index (χ3n) is 5.20. The predicted octanol–water partition coefficient (Wildman–Crippen LogP) is 4.04. The van der Waals surface area contributed by atoms with Gasteiger partial charge in [0.15, 0.2) is 0 Å². The Kier molecular flexibility index (Phi) is 6.93. The van der Waals surface area contributed by atoms with Crippen molar-refractivity contribution in [2.45, 2.75) is 13.8 Å². The highest BCUT2D eigenvalue weighted by atomic mass is 16.2. The van der Waals surface area contributed by atoms with Crippen molar-refractivity contribution in [3.63, 3.8) is 0 Å². The molecule has 0 unspecified atom stereocenters. The van der Waals surface area contributed by atoms with Crippen molar-refractivity contribution in [1.82, 2.24) is 20.5 Å². The molecular formula is C27H25N5O2. The number of carbonyl (C=O) groups excluding carboxylic acids is 2. The van der Waals surface area contributed by atoms with Crippen molar-refractivity contribution in [2.24, 2.45) is 5.10 Å². The Balaban J connectivity index is 1.45. The van der Waals surface area contributed by atoms with Crippen molar-refractivity contribution in [1.29, 1.82) is 0 Å². The van der Waals surface area contributed by atoms with Gasteiger partial charge >= 0.3 is 0 Å². The third-order valence-corrected chi connectivity index (χ3v) is 5.20. The second kappa shape index (κ2) is 10.4. The van der Waals surface area contributed by atoms with Gasteiger partial charge in [0, 0.05) is 22.9 Å². The van der Waals surface area contributed by atoms with Crippen LogP contribution >= 0.6 is 0 Å². The van der Waals surface area contributed by atoms with Gasteiger partial charge in [-0.15, -0.1) is 0 Å². The molecule has 0 radical (unpaired) electrons. The molecule has 34 heavy (non-hydrogen) atoms. The summed E-state index contributed by atoms with van der Waals surface area (Å²) in [5.74, 6) is -0.742. The zero-order valence-corrected chi connectivity index (χ0v) is 19.0. The lowest BCUT2D eigenvalue weighted by Gasteiger charge is -2.04. The Morgan fingerprint density at radius 3 is 2.24 bits per heavy atom. The van der Waals surface area contributed by atoms with Gasteiger partial charge in [0.05, 0.1) is 18.4 Å². The molecule has 170 valence electrons. The molecule has 0 spiro atoms. The summed E-state index contributed by atoms with van der Waals surface area (Å²) in [7, 11) is 0. The molecule has 2 N–H and O–H groups in total. The maximum Gasteiger partial charge on any atom is 0.259 e. The predicted molar refractivity (Wildman–Crippen MR) is 133 cm³/mol. The van der Waals surface area contributed by atoms with E-state index in [0.717, 1.165) is 33.6 Å². The number of rotatable bonds is 7. The minimum absolute atomic E-state index is 0.182. The molecule has 3 aromatic carbocycles. The summed E-state index contributed by atoms with van der Waals surface area (Å²) >= 11 is 0. The lowest BCUT2D eigenvalue weighted by molar-refractivity contribution is -0.120. The van der Waals surface area contributed by atoms with Crippen LogP contribution in [0, 0.1) is 13.8 Å². The van der Waals surface area contributed by atoms with Gasteiger partial charge in [0.25, 0.3) is 11.8 Å². The van der Waals surface area contributed by atoms with Gasteiger partial charge in [-0.05, 0) is 38.1 Å². The molecule has 7 nitrogen and oxygen atoms in total. The first-order valence-corrected chi connectivity index (χ1v) is 10.9. The van der Waals surface area contributed by atoms with Crippen LogP contribution in [0.4, 0.5) is 0 Å². The van der Waals surface area contributed by atoms with Crippen molar-refractivity contribution >= 4 is 18.0 Å². The number of nitrogens with one attached hydrogen (secondary N) is 2. The summed E-state index contributed by atoms with van der Waals surface area (Å²) in [6, 6.07) is 25.0. The maximum atomic E-state index is 12.2. The van der Waals surface area contributed by atoms with Crippen LogP contribution in [0.5, 0.6) is 0 Å². The third kappa shape index (κ3) is 5.63. The van der Waals surface area contributed by atoms with E-state index < -0.39 is 5.91 Å². The van der Waals surface area contributed by atoms with E-state index in [1.54, 1.807) is 23.0 Å². The van der Waals surface area contributed by atoms with Gasteiger partial charge in [-0.25, -0.2) is 10.1 Å². The number of aryl methyl sites for hydroxylation is 2. The van der Waals surface area contributed by atoms with Crippen LogP contribution in [-0.2, 0) is 4.79 Å². The molecule has 1 heterocycles. The largest absolute Gasteiger partial charge is 0.343 e. The molecule has 4 rings (SSSR count). The summed E-state index contributed by atoms with van der Waals surface area (Å²) in [4.78, 5) is 24.4. The SMILES string of the molecule is Cc1ccc(C(=O)NCC(=O)N/N=C/c2cn(-c3ccccc3)nc2-c2ccc(C)cc2)cc1. The first kappa shape index (κ1) is 22.7. The number of carbonyl (C=O) groups is 2. The Morgan fingerprint density at radius 1 is 0.912 bits per heavy atom. The lowest BCUT2D eigenvalue weighted by atomic mass is 10.1. The van der Waals surface area contributed by atoms with E-state index in [-0.39, 0.29) is 12.5 Å². The van der Waals surface area contributed by atoms with Crippen molar-refractivity contribution in [2.75, 3.05) is 6.54 Å². The molecule has 7 heteroatoms. The molecule has 0 bridgehead atoms. The number of nitrogens with zero attached hydrogens (tertiary/aromatic N) is 3. The number of para-hydroxylation sites is 1. The van der Waals surface area contributed by atoms with Crippen LogP contribution in [0.15, 0.2) is 90.2 Å². The fourth-order valence-corrected chi connectivity index (χ4v) is 3.31. The molecule has 0 aliphatic heterocycles. The summed E-state index contributed by atoms with van der Waals surface area (Å²) < 4.78 is 1.78. The molecular weight excluding hydrogens is 426 g/mol. The van der Waals surface area contributed by atoms with E-state index in [1.807, 2.05) is 86.8 Å². The molecule has 0 aliphatic rings. The summed E-state index contributed by atoms with van der Waals surface area (Å²) in [6.07, 6.45) is 3.42. The van der Waals surface area contributed by atoms with Crippen molar-refractivity contribution in [3.8, 4) is 16.9 Å². The van der Waals surface area contributed by atoms with E-state index in [2.05, 4.69) is 15.8 Å². The molecule has 2 amide bonds. The Hall–Kier alpha value is -4.52. The van der Waals surface area contributed by atoms with Crippen LogP contribution in [0.3, 0.4) is 0 Å². The number of aromatic nitrogens is 2. The van der Waals surface area contributed by atoms with Gasteiger partial charge in [0.1, 0.15) is 5.69 Å². The molecule has 0 saturated heterocycles. The Labute approximate surface area is 198 Å². The first-order valence-electron chi connectivity index (χ1n) is 10.9. The second-order valence-corrected chi connectivity index (χ2v) is 7.92. The molecule has 0 aliphatic carbocycles. The van der Waals surface area contributed by atoms with E-state index in [0.29, 0.717) is 5.56 Å². The molecule has 4 aromatic rings.